The summed E-state index contributed by atoms with van der Waals surface area (Å²) < 4.78 is 0. The van der Waals surface area contributed by atoms with Gasteiger partial charge in [0, 0.05) is 25.3 Å². The lowest BCUT2D eigenvalue weighted by Gasteiger charge is -2.18. The molecule has 0 bridgehead atoms. The number of aryl methyl sites for hydroxylation is 2. The van der Waals surface area contributed by atoms with Crippen LogP contribution in [0.25, 0.3) is 0 Å². The average molecular weight is 326 g/mol. The standard InChI is InChI=1S/C19H26N4O/c1-4-23(5-2)18(24)17-14-15(3)21-19(22-17)20-13-9-12-16-10-7-6-8-11-16/h6-8,10-11,14H,4-5,9,12-13H2,1-3H3,(H,20,21,22). The van der Waals surface area contributed by atoms with E-state index in [1.807, 2.05) is 26.8 Å². The van der Waals surface area contributed by atoms with Gasteiger partial charge >= 0.3 is 0 Å². The summed E-state index contributed by atoms with van der Waals surface area (Å²) in [6.07, 6.45) is 1.99. The van der Waals surface area contributed by atoms with Crippen LogP contribution in [0.15, 0.2) is 36.4 Å². The van der Waals surface area contributed by atoms with Crippen molar-refractivity contribution in [2.75, 3.05) is 25.0 Å². The molecule has 0 aliphatic carbocycles. The first-order valence-corrected chi connectivity index (χ1v) is 8.56. The number of carbonyl (C=O) groups excluding carboxylic acids is 1. The third-order valence-electron chi connectivity index (χ3n) is 3.89. The summed E-state index contributed by atoms with van der Waals surface area (Å²) >= 11 is 0. The van der Waals surface area contributed by atoms with E-state index in [-0.39, 0.29) is 5.91 Å². The number of aromatic nitrogens is 2. The van der Waals surface area contributed by atoms with E-state index in [1.165, 1.54) is 5.56 Å². The van der Waals surface area contributed by atoms with Gasteiger partial charge in [0.25, 0.3) is 5.91 Å². The van der Waals surface area contributed by atoms with E-state index >= 15 is 0 Å². The average Bonchev–Trinajstić information content (AvgIpc) is 2.60. The fourth-order valence-electron chi connectivity index (χ4n) is 2.57. The molecule has 2 rings (SSSR count). The second-order valence-corrected chi connectivity index (χ2v) is 5.71. The quantitative estimate of drug-likeness (QED) is 0.756. The van der Waals surface area contributed by atoms with Crippen LogP contribution in [0.3, 0.4) is 0 Å². The maximum absolute atomic E-state index is 12.4. The number of benzene rings is 1. The van der Waals surface area contributed by atoms with E-state index in [0.29, 0.717) is 24.7 Å². The van der Waals surface area contributed by atoms with Gasteiger partial charge in [0.05, 0.1) is 0 Å². The van der Waals surface area contributed by atoms with Gasteiger partial charge in [-0.05, 0) is 45.2 Å². The zero-order valence-electron chi connectivity index (χ0n) is 14.7. The Morgan fingerprint density at radius 2 is 1.83 bits per heavy atom. The Labute approximate surface area is 144 Å². The van der Waals surface area contributed by atoms with Gasteiger partial charge in [-0.1, -0.05) is 30.3 Å². The largest absolute Gasteiger partial charge is 0.354 e. The summed E-state index contributed by atoms with van der Waals surface area (Å²) in [5.74, 6) is 0.483. The van der Waals surface area contributed by atoms with Gasteiger partial charge in [0.15, 0.2) is 0 Å². The molecule has 0 radical (unpaired) electrons. The van der Waals surface area contributed by atoms with E-state index in [4.69, 9.17) is 0 Å². The molecular formula is C19H26N4O. The van der Waals surface area contributed by atoms with Crippen LogP contribution >= 0.6 is 0 Å². The minimum absolute atomic E-state index is 0.0437. The molecule has 2 aromatic rings. The van der Waals surface area contributed by atoms with Gasteiger partial charge in [0.1, 0.15) is 5.69 Å². The van der Waals surface area contributed by atoms with Crippen LogP contribution in [0.5, 0.6) is 0 Å². The number of amides is 1. The highest BCUT2D eigenvalue weighted by atomic mass is 16.2. The van der Waals surface area contributed by atoms with Crippen molar-refractivity contribution in [2.24, 2.45) is 0 Å². The van der Waals surface area contributed by atoms with Crippen molar-refractivity contribution in [1.82, 2.24) is 14.9 Å². The van der Waals surface area contributed by atoms with Crippen molar-refractivity contribution in [3.63, 3.8) is 0 Å². The molecule has 0 spiro atoms. The van der Waals surface area contributed by atoms with Crippen LogP contribution in [0.4, 0.5) is 5.95 Å². The van der Waals surface area contributed by atoms with Crippen molar-refractivity contribution in [2.45, 2.75) is 33.6 Å². The molecule has 0 saturated carbocycles. The number of anilines is 1. The number of nitrogens with zero attached hydrogens (tertiary/aromatic N) is 3. The van der Waals surface area contributed by atoms with Gasteiger partial charge in [0.2, 0.25) is 5.95 Å². The lowest BCUT2D eigenvalue weighted by molar-refractivity contribution is 0.0767. The Hall–Kier alpha value is -2.43. The van der Waals surface area contributed by atoms with E-state index in [2.05, 4.69) is 39.6 Å². The normalized spacial score (nSPS) is 10.5. The third kappa shape index (κ3) is 5.05. The Morgan fingerprint density at radius 3 is 2.50 bits per heavy atom. The van der Waals surface area contributed by atoms with Gasteiger partial charge in [-0.25, -0.2) is 9.97 Å². The van der Waals surface area contributed by atoms with Gasteiger partial charge in [-0.2, -0.15) is 0 Å². The van der Waals surface area contributed by atoms with E-state index in [1.54, 1.807) is 11.0 Å². The van der Waals surface area contributed by atoms with Crippen molar-refractivity contribution in [3.8, 4) is 0 Å². The topological polar surface area (TPSA) is 58.1 Å². The Kier molecular flexibility index (Phi) is 6.73. The van der Waals surface area contributed by atoms with Crippen molar-refractivity contribution in [3.05, 3.63) is 53.3 Å². The monoisotopic (exact) mass is 326 g/mol. The Morgan fingerprint density at radius 1 is 1.12 bits per heavy atom. The summed E-state index contributed by atoms with van der Waals surface area (Å²) in [5.41, 5.74) is 2.57. The van der Waals surface area contributed by atoms with Crippen molar-refractivity contribution >= 4 is 11.9 Å². The minimum atomic E-state index is -0.0437. The van der Waals surface area contributed by atoms with Gasteiger partial charge < -0.3 is 10.2 Å². The summed E-state index contributed by atoms with van der Waals surface area (Å²) in [4.78, 5) is 23.0. The highest BCUT2D eigenvalue weighted by Gasteiger charge is 2.15. The molecule has 0 aliphatic rings. The first-order valence-electron chi connectivity index (χ1n) is 8.56. The fourth-order valence-corrected chi connectivity index (χ4v) is 2.57. The molecule has 5 nitrogen and oxygen atoms in total. The lowest BCUT2D eigenvalue weighted by Crippen LogP contribution is -2.31. The van der Waals surface area contributed by atoms with Crippen LogP contribution in [-0.2, 0) is 6.42 Å². The van der Waals surface area contributed by atoms with Crippen molar-refractivity contribution < 1.29 is 4.79 Å². The highest BCUT2D eigenvalue weighted by molar-refractivity contribution is 5.92. The summed E-state index contributed by atoms with van der Waals surface area (Å²) in [5, 5.41) is 3.23. The lowest BCUT2D eigenvalue weighted by atomic mass is 10.1. The summed E-state index contributed by atoms with van der Waals surface area (Å²) in [6.45, 7) is 7.96. The maximum atomic E-state index is 12.4. The molecule has 0 aliphatic heterocycles. The van der Waals surface area contributed by atoms with Gasteiger partial charge in [-0.15, -0.1) is 0 Å². The molecular weight excluding hydrogens is 300 g/mol. The molecule has 1 amide bonds. The van der Waals surface area contributed by atoms with E-state index in [0.717, 1.165) is 25.1 Å². The molecule has 1 N–H and O–H groups in total. The van der Waals surface area contributed by atoms with Crippen LogP contribution in [0.1, 0.15) is 42.0 Å². The van der Waals surface area contributed by atoms with Crippen LogP contribution in [-0.4, -0.2) is 40.4 Å². The highest BCUT2D eigenvalue weighted by Crippen LogP contribution is 2.09. The first-order chi connectivity index (χ1) is 11.6. The number of hydrogen-bond acceptors (Lipinski definition) is 4. The number of carbonyl (C=O) groups is 1. The van der Waals surface area contributed by atoms with Crippen LogP contribution in [0.2, 0.25) is 0 Å². The molecule has 1 aromatic carbocycles. The summed E-state index contributed by atoms with van der Waals surface area (Å²) in [7, 11) is 0. The smallest absolute Gasteiger partial charge is 0.272 e. The molecule has 5 heteroatoms. The fraction of sp³-hybridized carbons (Fsp3) is 0.421. The molecule has 128 valence electrons. The number of rotatable bonds is 8. The second kappa shape index (κ2) is 9.01. The minimum Gasteiger partial charge on any atom is -0.354 e. The van der Waals surface area contributed by atoms with Crippen LogP contribution in [0, 0.1) is 6.92 Å². The second-order valence-electron chi connectivity index (χ2n) is 5.71. The first kappa shape index (κ1) is 17.9. The van der Waals surface area contributed by atoms with Crippen molar-refractivity contribution in [1.29, 1.82) is 0 Å². The molecule has 0 saturated heterocycles. The van der Waals surface area contributed by atoms with E-state index < -0.39 is 0 Å². The predicted octanol–water partition coefficient (Wildman–Crippen LogP) is 3.31. The molecule has 1 heterocycles. The summed E-state index contributed by atoms with van der Waals surface area (Å²) in [6, 6.07) is 12.1. The molecule has 0 unspecified atom stereocenters. The Bertz CT molecular complexity index is 654. The maximum Gasteiger partial charge on any atom is 0.272 e. The third-order valence-corrected chi connectivity index (χ3v) is 3.89. The molecule has 0 fully saturated rings. The van der Waals surface area contributed by atoms with Crippen LogP contribution < -0.4 is 5.32 Å². The van der Waals surface area contributed by atoms with E-state index in [9.17, 15) is 4.79 Å². The Balaban J connectivity index is 1.94. The molecule has 1 aromatic heterocycles. The number of hydrogen-bond donors (Lipinski definition) is 1. The molecule has 24 heavy (non-hydrogen) atoms. The number of nitrogens with one attached hydrogen (secondary N) is 1. The molecule has 0 atom stereocenters. The van der Waals surface area contributed by atoms with Gasteiger partial charge in [-0.3, -0.25) is 4.79 Å². The SMILES string of the molecule is CCN(CC)C(=O)c1cc(C)nc(NCCCc2ccccc2)n1. The predicted molar refractivity (Wildman–Crippen MR) is 97.3 cm³/mol. The zero-order chi connectivity index (χ0) is 17.4. The zero-order valence-corrected chi connectivity index (χ0v) is 14.7.